The Morgan fingerprint density at radius 1 is 1.38 bits per heavy atom. The Hall–Kier alpha value is -1.30. The zero-order chi connectivity index (χ0) is 15.6. The molecule has 114 valence electrons. The molecule has 3 amide bonds. The summed E-state index contributed by atoms with van der Waals surface area (Å²) in [5.41, 5.74) is 0.853. The van der Waals surface area contributed by atoms with E-state index < -0.39 is 6.04 Å². The normalized spacial score (nSPS) is 17.5. The molecule has 1 fully saturated rings. The summed E-state index contributed by atoms with van der Waals surface area (Å²) in [4.78, 5) is 24.9. The average molecular weight is 330 g/mol. The van der Waals surface area contributed by atoms with Gasteiger partial charge in [0.05, 0.1) is 6.04 Å². The molecule has 5 nitrogen and oxygen atoms in total. The maximum Gasteiger partial charge on any atom is 0.324 e. The van der Waals surface area contributed by atoms with Crippen molar-refractivity contribution >= 4 is 35.1 Å². The lowest BCUT2D eigenvalue weighted by molar-refractivity contribution is -0.129. The van der Waals surface area contributed by atoms with Crippen LogP contribution in [0.5, 0.6) is 0 Å². The third-order valence-electron chi connectivity index (χ3n) is 3.42. The van der Waals surface area contributed by atoms with Crippen molar-refractivity contribution in [3.05, 3.63) is 33.8 Å². The maximum atomic E-state index is 12.2. The second kappa shape index (κ2) is 6.64. The number of urea groups is 1. The summed E-state index contributed by atoms with van der Waals surface area (Å²) in [6.45, 7) is 4.53. The first-order chi connectivity index (χ1) is 9.90. The minimum absolute atomic E-state index is 0.139. The van der Waals surface area contributed by atoms with Crippen LogP contribution in [0.3, 0.4) is 0 Å². The molecule has 1 aliphatic heterocycles. The molecule has 0 bridgehead atoms. The molecule has 0 radical (unpaired) electrons. The van der Waals surface area contributed by atoms with Crippen molar-refractivity contribution in [3.8, 4) is 0 Å². The predicted octanol–water partition coefficient (Wildman–Crippen LogP) is 2.58. The number of carbonyl (C=O) groups is 2. The highest BCUT2D eigenvalue weighted by atomic mass is 35.5. The van der Waals surface area contributed by atoms with Gasteiger partial charge in [-0.25, -0.2) is 4.79 Å². The van der Waals surface area contributed by atoms with Gasteiger partial charge < -0.3 is 5.32 Å². The lowest BCUT2D eigenvalue weighted by Gasteiger charge is -2.23. The molecule has 2 rings (SSSR count). The first kappa shape index (κ1) is 16.1. The van der Waals surface area contributed by atoms with Gasteiger partial charge in [0.2, 0.25) is 5.91 Å². The van der Waals surface area contributed by atoms with Gasteiger partial charge in [-0.15, -0.1) is 0 Å². The number of nitrogens with one attached hydrogen (secondary N) is 2. The molecular weight excluding hydrogens is 313 g/mol. The van der Waals surface area contributed by atoms with Gasteiger partial charge in [-0.2, -0.15) is 0 Å². The molecule has 1 aliphatic rings. The van der Waals surface area contributed by atoms with E-state index in [0.29, 0.717) is 23.1 Å². The predicted molar refractivity (Wildman–Crippen MR) is 82.6 cm³/mol. The smallest absolute Gasteiger partial charge is 0.324 e. The lowest BCUT2D eigenvalue weighted by atomic mass is 10.1. The van der Waals surface area contributed by atoms with Crippen molar-refractivity contribution in [1.82, 2.24) is 15.5 Å². The van der Waals surface area contributed by atoms with Gasteiger partial charge in [-0.1, -0.05) is 29.3 Å². The molecule has 0 spiro atoms. The molecular formula is C14H17Cl2N3O2. The molecule has 2 N–H and O–H groups in total. The van der Waals surface area contributed by atoms with Crippen molar-refractivity contribution in [1.29, 1.82) is 0 Å². The number of halogens is 2. The van der Waals surface area contributed by atoms with Crippen LogP contribution in [0.2, 0.25) is 10.0 Å². The third kappa shape index (κ3) is 3.67. The number of hydrogen-bond donors (Lipinski definition) is 2. The van der Waals surface area contributed by atoms with Crippen molar-refractivity contribution in [2.75, 3.05) is 13.1 Å². The number of rotatable bonds is 4. The Kier molecular flexibility index (Phi) is 5.08. The standard InChI is InChI=1S/C14H17Cl2N3O2/c1-8(11-4-3-10(15)7-12(11)16)18-9(2)13(20)19-6-5-17-14(19)21/h3-4,7-9,18H,5-6H2,1-2H3,(H,17,21)/t8-,9+/m1/s1. The second-order valence-electron chi connectivity index (χ2n) is 5.00. The van der Waals surface area contributed by atoms with E-state index in [1.165, 1.54) is 4.90 Å². The van der Waals surface area contributed by atoms with Crippen LogP contribution in [0, 0.1) is 0 Å². The summed E-state index contributed by atoms with van der Waals surface area (Å²) >= 11 is 12.0. The zero-order valence-electron chi connectivity index (χ0n) is 11.8. The number of amides is 3. The quantitative estimate of drug-likeness (QED) is 0.892. The summed E-state index contributed by atoms with van der Waals surface area (Å²) in [6, 6.07) is 4.27. The van der Waals surface area contributed by atoms with Gasteiger partial charge in [0.15, 0.2) is 0 Å². The van der Waals surface area contributed by atoms with E-state index in [9.17, 15) is 9.59 Å². The van der Waals surface area contributed by atoms with Crippen LogP contribution in [0.15, 0.2) is 18.2 Å². The highest BCUT2D eigenvalue weighted by molar-refractivity contribution is 6.35. The summed E-state index contributed by atoms with van der Waals surface area (Å²) in [5, 5.41) is 6.87. The van der Waals surface area contributed by atoms with Gasteiger partial charge in [0.25, 0.3) is 0 Å². The van der Waals surface area contributed by atoms with Gasteiger partial charge in [0.1, 0.15) is 0 Å². The molecule has 0 aliphatic carbocycles. The van der Waals surface area contributed by atoms with Crippen LogP contribution in [0.1, 0.15) is 25.5 Å². The van der Waals surface area contributed by atoms with Gasteiger partial charge in [-0.05, 0) is 31.5 Å². The molecule has 1 heterocycles. The van der Waals surface area contributed by atoms with Crippen molar-refractivity contribution < 1.29 is 9.59 Å². The van der Waals surface area contributed by atoms with E-state index in [1.807, 2.05) is 13.0 Å². The highest BCUT2D eigenvalue weighted by Crippen LogP contribution is 2.26. The number of carbonyl (C=O) groups excluding carboxylic acids is 2. The van der Waals surface area contributed by atoms with E-state index >= 15 is 0 Å². The van der Waals surface area contributed by atoms with E-state index in [4.69, 9.17) is 23.2 Å². The van der Waals surface area contributed by atoms with E-state index in [0.717, 1.165) is 5.56 Å². The van der Waals surface area contributed by atoms with Crippen LogP contribution >= 0.6 is 23.2 Å². The van der Waals surface area contributed by atoms with E-state index in [-0.39, 0.29) is 18.0 Å². The number of nitrogens with zero attached hydrogens (tertiary/aromatic N) is 1. The Bertz CT molecular complexity index is 565. The maximum absolute atomic E-state index is 12.2. The van der Waals surface area contributed by atoms with Gasteiger partial charge in [-0.3, -0.25) is 15.0 Å². The fourth-order valence-corrected chi connectivity index (χ4v) is 2.88. The van der Waals surface area contributed by atoms with Gasteiger partial charge >= 0.3 is 6.03 Å². The van der Waals surface area contributed by atoms with Crippen molar-refractivity contribution in [2.24, 2.45) is 0 Å². The molecule has 0 saturated carbocycles. The first-order valence-corrected chi connectivity index (χ1v) is 7.46. The van der Waals surface area contributed by atoms with Crippen molar-refractivity contribution in [3.63, 3.8) is 0 Å². The molecule has 1 aromatic carbocycles. The first-order valence-electron chi connectivity index (χ1n) is 6.70. The number of hydrogen-bond acceptors (Lipinski definition) is 3. The fourth-order valence-electron chi connectivity index (χ4n) is 2.30. The number of imide groups is 1. The topological polar surface area (TPSA) is 61.4 Å². The van der Waals surface area contributed by atoms with Crippen molar-refractivity contribution in [2.45, 2.75) is 25.9 Å². The minimum atomic E-state index is -0.490. The Morgan fingerprint density at radius 2 is 2.10 bits per heavy atom. The summed E-state index contributed by atoms with van der Waals surface area (Å²) in [6.07, 6.45) is 0. The lowest BCUT2D eigenvalue weighted by Crippen LogP contribution is -2.46. The van der Waals surface area contributed by atoms with Crippen LogP contribution in [0.4, 0.5) is 4.79 Å². The summed E-state index contributed by atoms with van der Waals surface area (Å²) in [7, 11) is 0. The van der Waals surface area contributed by atoms with E-state index in [1.54, 1.807) is 19.1 Å². The summed E-state index contributed by atoms with van der Waals surface area (Å²) in [5.74, 6) is -0.248. The molecule has 1 aromatic rings. The number of benzene rings is 1. The molecule has 7 heteroatoms. The molecule has 0 aromatic heterocycles. The highest BCUT2D eigenvalue weighted by Gasteiger charge is 2.30. The van der Waals surface area contributed by atoms with Crippen LogP contribution in [-0.4, -0.2) is 36.0 Å². The molecule has 0 unspecified atom stereocenters. The van der Waals surface area contributed by atoms with Crippen LogP contribution in [0.25, 0.3) is 0 Å². The van der Waals surface area contributed by atoms with Crippen LogP contribution in [-0.2, 0) is 4.79 Å². The zero-order valence-corrected chi connectivity index (χ0v) is 13.3. The largest absolute Gasteiger partial charge is 0.336 e. The van der Waals surface area contributed by atoms with Gasteiger partial charge in [0, 0.05) is 29.2 Å². The second-order valence-corrected chi connectivity index (χ2v) is 5.84. The Morgan fingerprint density at radius 3 is 2.67 bits per heavy atom. The SMILES string of the molecule is C[C@H](N[C@H](C)c1ccc(Cl)cc1Cl)C(=O)N1CCNC1=O. The molecule has 1 saturated heterocycles. The molecule has 21 heavy (non-hydrogen) atoms. The van der Waals surface area contributed by atoms with E-state index in [2.05, 4.69) is 10.6 Å². The molecule has 2 atom stereocenters. The average Bonchev–Trinajstić information content (AvgIpc) is 2.83. The third-order valence-corrected chi connectivity index (χ3v) is 3.98. The summed E-state index contributed by atoms with van der Waals surface area (Å²) < 4.78 is 0. The fraction of sp³-hybridized carbons (Fsp3) is 0.429. The van der Waals surface area contributed by atoms with Crippen LogP contribution < -0.4 is 10.6 Å². The monoisotopic (exact) mass is 329 g/mol. The minimum Gasteiger partial charge on any atom is -0.336 e. The Labute approximate surface area is 133 Å². The Balaban J connectivity index is 2.03.